The van der Waals surface area contributed by atoms with Gasteiger partial charge in [-0.1, -0.05) is 29.8 Å². The van der Waals surface area contributed by atoms with Crippen LogP contribution in [-0.2, 0) is 4.79 Å². The molecule has 2 aromatic rings. The first kappa shape index (κ1) is 17.3. The number of para-hydroxylation sites is 1. The number of hydrogen-bond donors (Lipinski definition) is 0. The van der Waals surface area contributed by atoms with Crippen molar-refractivity contribution in [3.63, 3.8) is 0 Å². The molecule has 0 saturated carbocycles. The summed E-state index contributed by atoms with van der Waals surface area (Å²) < 4.78 is 5.31. The molecule has 0 N–H and O–H groups in total. The van der Waals surface area contributed by atoms with Gasteiger partial charge in [0.25, 0.3) is 5.91 Å². The van der Waals surface area contributed by atoms with Gasteiger partial charge >= 0.3 is 0 Å². The summed E-state index contributed by atoms with van der Waals surface area (Å²) in [5.74, 6) is 0.250. The van der Waals surface area contributed by atoms with Crippen LogP contribution in [0.25, 0.3) is 0 Å². The highest BCUT2D eigenvalue weighted by atomic mass is 35.5. The van der Waals surface area contributed by atoms with Crippen LogP contribution in [0.1, 0.15) is 23.2 Å². The summed E-state index contributed by atoms with van der Waals surface area (Å²) in [7, 11) is 1.51. The molecule has 3 rings (SSSR count). The lowest BCUT2D eigenvalue weighted by Crippen LogP contribution is -2.42. The van der Waals surface area contributed by atoms with E-state index in [0.717, 1.165) is 6.42 Å². The van der Waals surface area contributed by atoms with Crippen LogP contribution < -0.4 is 9.64 Å². The van der Waals surface area contributed by atoms with Crippen LogP contribution in [0.2, 0.25) is 5.02 Å². The normalized spacial score (nSPS) is 13.8. The van der Waals surface area contributed by atoms with Gasteiger partial charge in [-0.25, -0.2) is 0 Å². The molecule has 1 saturated heterocycles. The van der Waals surface area contributed by atoms with Crippen LogP contribution >= 0.6 is 11.6 Å². The van der Waals surface area contributed by atoms with Crippen LogP contribution in [0.3, 0.4) is 0 Å². The van der Waals surface area contributed by atoms with Crippen LogP contribution in [0, 0.1) is 0 Å². The van der Waals surface area contributed by atoms with E-state index >= 15 is 0 Å². The Morgan fingerprint density at radius 3 is 2.64 bits per heavy atom. The van der Waals surface area contributed by atoms with Gasteiger partial charge in [-0.3, -0.25) is 14.5 Å². The lowest BCUT2D eigenvalue weighted by molar-refractivity contribution is -0.127. The third kappa shape index (κ3) is 3.77. The number of carbonyl (C=O) groups excluding carboxylic acids is 2. The molecule has 0 atom stereocenters. The molecule has 5 nitrogen and oxygen atoms in total. The van der Waals surface area contributed by atoms with Gasteiger partial charge in [0.05, 0.1) is 12.7 Å². The average Bonchev–Trinajstić information content (AvgIpc) is 3.04. The molecule has 1 aliphatic heterocycles. The number of likely N-dealkylation sites (tertiary alicyclic amines) is 1. The number of ether oxygens (including phenoxy) is 1. The summed E-state index contributed by atoms with van der Waals surface area (Å²) in [4.78, 5) is 28.5. The number of hydrogen-bond acceptors (Lipinski definition) is 3. The van der Waals surface area contributed by atoms with Crippen molar-refractivity contribution in [3.05, 3.63) is 59.1 Å². The van der Waals surface area contributed by atoms with Crippen molar-refractivity contribution in [2.75, 3.05) is 25.2 Å². The van der Waals surface area contributed by atoms with E-state index in [2.05, 4.69) is 0 Å². The average molecular weight is 359 g/mol. The zero-order valence-electron chi connectivity index (χ0n) is 13.9. The smallest absolute Gasteiger partial charge is 0.263 e. The van der Waals surface area contributed by atoms with Gasteiger partial charge in [0.1, 0.15) is 12.4 Å². The maximum Gasteiger partial charge on any atom is 0.263 e. The molecular weight excluding hydrogens is 340 g/mol. The summed E-state index contributed by atoms with van der Waals surface area (Å²) in [6.07, 6.45) is 1.34. The number of rotatable bonds is 5. The van der Waals surface area contributed by atoms with Gasteiger partial charge in [-0.05, 0) is 36.8 Å². The van der Waals surface area contributed by atoms with Crippen LogP contribution in [0.5, 0.6) is 5.75 Å². The molecule has 1 fully saturated rings. The maximum absolute atomic E-state index is 13.2. The SMILES string of the molecule is COc1ccc(Cl)cc1C(=O)N(CN1CCCC1=O)c1ccccc1. The second-order valence-corrected chi connectivity index (χ2v) is 6.25. The number of benzene rings is 2. The van der Waals surface area contributed by atoms with Gasteiger partial charge in [0.2, 0.25) is 5.91 Å². The van der Waals surface area contributed by atoms with Gasteiger partial charge < -0.3 is 9.64 Å². The van der Waals surface area contributed by atoms with Crippen LogP contribution in [-0.4, -0.2) is 37.0 Å². The Morgan fingerprint density at radius 2 is 2.00 bits per heavy atom. The fraction of sp³-hybridized carbons (Fsp3) is 0.263. The van der Waals surface area contributed by atoms with Crippen LogP contribution in [0.15, 0.2) is 48.5 Å². The monoisotopic (exact) mass is 358 g/mol. The van der Waals surface area contributed by atoms with E-state index in [1.165, 1.54) is 7.11 Å². The van der Waals surface area contributed by atoms with Crippen molar-refractivity contribution in [1.82, 2.24) is 4.90 Å². The topological polar surface area (TPSA) is 49.9 Å². The fourth-order valence-corrected chi connectivity index (χ4v) is 3.06. The van der Waals surface area contributed by atoms with Gasteiger partial charge in [-0.2, -0.15) is 0 Å². The molecular formula is C19H19ClN2O3. The minimum Gasteiger partial charge on any atom is -0.496 e. The Kier molecular flexibility index (Phi) is 5.24. The standard InChI is InChI=1S/C19H19ClN2O3/c1-25-17-10-9-14(20)12-16(17)19(24)22(15-6-3-2-4-7-15)13-21-11-5-8-18(21)23/h2-4,6-7,9-10,12H,5,8,11,13H2,1H3. The molecule has 6 heteroatoms. The number of methoxy groups -OCH3 is 1. The molecule has 1 heterocycles. The first-order valence-electron chi connectivity index (χ1n) is 8.08. The molecule has 0 unspecified atom stereocenters. The second-order valence-electron chi connectivity index (χ2n) is 5.82. The summed E-state index contributed by atoms with van der Waals surface area (Å²) in [6, 6.07) is 14.2. The van der Waals surface area contributed by atoms with E-state index in [0.29, 0.717) is 35.0 Å². The largest absolute Gasteiger partial charge is 0.496 e. The minimum atomic E-state index is -0.259. The molecule has 0 bridgehead atoms. The van der Waals surface area contributed by atoms with Crippen molar-refractivity contribution in [3.8, 4) is 5.75 Å². The molecule has 0 aromatic heterocycles. The molecule has 0 aliphatic carbocycles. The third-order valence-corrected chi connectivity index (χ3v) is 4.42. The summed E-state index contributed by atoms with van der Waals surface area (Å²) in [5, 5.41) is 0.453. The molecule has 25 heavy (non-hydrogen) atoms. The quantitative estimate of drug-likeness (QED) is 0.821. The summed E-state index contributed by atoms with van der Waals surface area (Å²) in [6.45, 7) is 0.861. The molecule has 2 aromatic carbocycles. The predicted octanol–water partition coefficient (Wildman–Crippen LogP) is 3.58. The van der Waals surface area contributed by atoms with Crippen LogP contribution in [0.4, 0.5) is 5.69 Å². The van der Waals surface area contributed by atoms with Gasteiger partial charge in [0.15, 0.2) is 0 Å². The van der Waals surface area contributed by atoms with E-state index in [1.54, 1.807) is 28.0 Å². The number of amides is 2. The molecule has 0 spiro atoms. The van der Waals surface area contributed by atoms with Gasteiger partial charge in [0, 0.05) is 23.7 Å². The Hall–Kier alpha value is -2.53. The van der Waals surface area contributed by atoms with E-state index in [-0.39, 0.29) is 18.5 Å². The lowest BCUT2D eigenvalue weighted by atomic mass is 10.1. The van der Waals surface area contributed by atoms with E-state index in [4.69, 9.17) is 16.3 Å². The Balaban J connectivity index is 1.97. The van der Waals surface area contributed by atoms with Crippen molar-refractivity contribution in [2.45, 2.75) is 12.8 Å². The highest BCUT2D eigenvalue weighted by molar-refractivity contribution is 6.31. The van der Waals surface area contributed by atoms with Crippen molar-refractivity contribution >= 4 is 29.1 Å². The zero-order chi connectivity index (χ0) is 17.8. The number of anilines is 1. The number of nitrogens with zero attached hydrogens (tertiary/aromatic N) is 2. The third-order valence-electron chi connectivity index (χ3n) is 4.19. The Bertz CT molecular complexity index is 779. The molecule has 1 aliphatic rings. The highest BCUT2D eigenvalue weighted by Gasteiger charge is 2.27. The van der Waals surface area contributed by atoms with Crippen molar-refractivity contribution in [1.29, 1.82) is 0 Å². The Labute approximate surface area is 151 Å². The van der Waals surface area contributed by atoms with E-state index < -0.39 is 0 Å². The van der Waals surface area contributed by atoms with E-state index in [1.807, 2.05) is 30.3 Å². The fourth-order valence-electron chi connectivity index (χ4n) is 2.89. The van der Waals surface area contributed by atoms with Gasteiger partial charge in [-0.15, -0.1) is 0 Å². The molecule has 130 valence electrons. The Morgan fingerprint density at radius 1 is 1.24 bits per heavy atom. The number of carbonyl (C=O) groups is 2. The van der Waals surface area contributed by atoms with E-state index in [9.17, 15) is 9.59 Å². The molecule has 0 radical (unpaired) electrons. The number of halogens is 1. The molecule has 2 amide bonds. The predicted molar refractivity (Wildman–Crippen MR) is 97.1 cm³/mol. The zero-order valence-corrected chi connectivity index (χ0v) is 14.7. The first-order chi connectivity index (χ1) is 12.1. The summed E-state index contributed by atoms with van der Waals surface area (Å²) in [5.41, 5.74) is 1.08. The van der Waals surface area contributed by atoms with Crippen molar-refractivity contribution in [2.24, 2.45) is 0 Å². The second kappa shape index (κ2) is 7.57. The minimum absolute atomic E-state index is 0.0618. The lowest BCUT2D eigenvalue weighted by Gasteiger charge is -2.28. The highest BCUT2D eigenvalue weighted by Crippen LogP contribution is 2.27. The van der Waals surface area contributed by atoms with Crippen molar-refractivity contribution < 1.29 is 14.3 Å². The maximum atomic E-state index is 13.2. The first-order valence-corrected chi connectivity index (χ1v) is 8.46. The summed E-state index contributed by atoms with van der Waals surface area (Å²) >= 11 is 6.07.